The Labute approximate surface area is 132 Å². The van der Waals surface area contributed by atoms with Gasteiger partial charge in [0.1, 0.15) is 0 Å². The van der Waals surface area contributed by atoms with Crippen molar-refractivity contribution >= 4 is 12.0 Å². The van der Waals surface area contributed by atoms with Crippen LogP contribution in [0.1, 0.15) is 18.1 Å². The summed E-state index contributed by atoms with van der Waals surface area (Å²) in [5, 5.41) is 0. The van der Waals surface area contributed by atoms with Gasteiger partial charge in [-0.1, -0.05) is 36.4 Å². The zero-order valence-corrected chi connectivity index (χ0v) is 12.4. The molecule has 0 saturated heterocycles. The van der Waals surface area contributed by atoms with Crippen LogP contribution in [0.15, 0.2) is 54.6 Å². The monoisotopic (exact) mass is 320 g/mol. The summed E-state index contributed by atoms with van der Waals surface area (Å²) in [7, 11) is 0. The molecule has 2 aromatic carbocycles. The molecule has 120 valence electrons. The first kappa shape index (κ1) is 16.8. The van der Waals surface area contributed by atoms with Crippen molar-refractivity contribution in [2.45, 2.75) is 13.1 Å². The Morgan fingerprint density at radius 3 is 2.00 bits per heavy atom. The molecule has 0 heterocycles. The first-order valence-electron chi connectivity index (χ1n) is 7.02. The van der Waals surface area contributed by atoms with E-state index in [2.05, 4.69) is 0 Å². The second kappa shape index (κ2) is 7.13. The van der Waals surface area contributed by atoms with E-state index in [4.69, 9.17) is 4.74 Å². The van der Waals surface area contributed by atoms with Crippen molar-refractivity contribution in [3.05, 3.63) is 65.7 Å². The van der Waals surface area contributed by atoms with Crippen molar-refractivity contribution in [1.29, 1.82) is 0 Å². The topological polar surface area (TPSA) is 26.3 Å². The number of rotatable bonds is 4. The zero-order valence-electron chi connectivity index (χ0n) is 12.4. The van der Waals surface area contributed by atoms with Gasteiger partial charge in [0.15, 0.2) is 0 Å². The van der Waals surface area contributed by atoms with E-state index in [0.29, 0.717) is 12.2 Å². The number of halogens is 3. The summed E-state index contributed by atoms with van der Waals surface area (Å²) in [5.41, 5.74) is 1.62. The maximum absolute atomic E-state index is 12.5. The number of hydrogen-bond donors (Lipinski definition) is 0. The number of hydrogen-bond acceptors (Lipinski definition) is 2. The summed E-state index contributed by atoms with van der Waals surface area (Å²) in [6.07, 6.45) is -1.38. The molecule has 2 rings (SSSR count). The van der Waals surface area contributed by atoms with Gasteiger partial charge in [0.2, 0.25) is 0 Å². The maximum atomic E-state index is 12.5. The highest BCUT2D eigenvalue weighted by Gasteiger charge is 2.29. The number of carbonyl (C=O) groups is 1. The molecule has 0 aromatic heterocycles. The predicted octanol–water partition coefficient (Wildman–Crippen LogP) is 4.95. The second-order valence-electron chi connectivity index (χ2n) is 4.78. The van der Waals surface area contributed by atoms with Gasteiger partial charge in [0.25, 0.3) is 0 Å². The minimum absolute atomic E-state index is 0.316. The molecule has 0 unspecified atom stereocenters. The predicted molar refractivity (Wildman–Crippen MR) is 82.5 cm³/mol. The molecule has 0 saturated carbocycles. The molecule has 0 radical (unpaired) electrons. The van der Waals surface area contributed by atoms with Crippen LogP contribution in [0.2, 0.25) is 0 Å². The number of alkyl halides is 3. The molecule has 23 heavy (non-hydrogen) atoms. The molecular formula is C18H15F3O2. The Bertz CT molecular complexity index is 684. The summed E-state index contributed by atoms with van der Waals surface area (Å²) in [4.78, 5) is 11.2. The third kappa shape index (κ3) is 4.71. The Morgan fingerprint density at radius 1 is 1.00 bits per heavy atom. The highest BCUT2D eigenvalue weighted by Crippen LogP contribution is 2.31. The van der Waals surface area contributed by atoms with Gasteiger partial charge < -0.3 is 4.74 Å². The Balaban J connectivity index is 2.12. The van der Waals surface area contributed by atoms with Crippen LogP contribution in [0.3, 0.4) is 0 Å². The number of carbonyl (C=O) groups excluding carboxylic acids is 1. The zero-order chi connectivity index (χ0) is 16.9. The van der Waals surface area contributed by atoms with E-state index in [9.17, 15) is 18.0 Å². The van der Waals surface area contributed by atoms with Crippen LogP contribution in [0, 0.1) is 0 Å². The lowest BCUT2D eigenvalue weighted by Crippen LogP contribution is -2.03. The molecule has 0 aliphatic heterocycles. The van der Waals surface area contributed by atoms with Gasteiger partial charge in [0.05, 0.1) is 12.2 Å². The van der Waals surface area contributed by atoms with Crippen LogP contribution in [0.25, 0.3) is 17.2 Å². The molecule has 0 aliphatic carbocycles. The van der Waals surface area contributed by atoms with E-state index in [1.165, 1.54) is 18.2 Å². The van der Waals surface area contributed by atoms with Crippen LogP contribution in [-0.2, 0) is 15.7 Å². The summed E-state index contributed by atoms with van der Waals surface area (Å²) < 4.78 is 42.4. The molecule has 0 spiro atoms. The molecule has 0 aliphatic rings. The van der Waals surface area contributed by atoms with E-state index >= 15 is 0 Å². The molecule has 2 aromatic rings. The fraction of sp³-hybridized carbons (Fsp3) is 0.167. The third-order valence-electron chi connectivity index (χ3n) is 3.15. The van der Waals surface area contributed by atoms with Gasteiger partial charge in [-0.15, -0.1) is 0 Å². The lowest BCUT2D eigenvalue weighted by atomic mass is 10.0. The number of benzene rings is 2. The normalized spacial score (nSPS) is 11.7. The van der Waals surface area contributed by atoms with Crippen molar-refractivity contribution in [3.63, 3.8) is 0 Å². The first-order valence-corrected chi connectivity index (χ1v) is 7.02. The summed E-state index contributed by atoms with van der Waals surface area (Å²) >= 11 is 0. The third-order valence-corrected chi connectivity index (χ3v) is 3.15. The SMILES string of the molecule is CCOC(=O)/C=C/c1ccc(-c2ccc(C(F)(F)F)cc2)cc1. The van der Waals surface area contributed by atoms with E-state index in [-0.39, 0.29) is 0 Å². The van der Waals surface area contributed by atoms with Gasteiger partial charge in [-0.05, 0) is 41.8 Å². The minimum atomic E-state index is -4.33. The lowest BCUT2D eigenvalue weighted by Gasteiger charge is -2.08. The quantitative estimate of drug-likeness (QED) is 0.588. The highest BCUT2D eigenvalue weighted by molar-refractivity contribution is 5.87. The van der Waals surface area contributed by atoms with Gasteiger partial charge in [-0.3, -0.25) is 0 Å². The summed E-state index contributed by atoms with van der Waals surface area (Å²) in [6, 6.07) is 12.1. The number of esters is 1. The van der Waals surface area contributed by atoms with E-state index < -0.39 is 17.7 Å². The van der Waals surface area contributed by atoms with Crippen LogP contribution < -0.4 is 0 Å². The van der Waals surface area contributed by atoms with E-state index in [1.54, 1.807) is 37.3 Å². The molecule has 0 fully saturated rings. The maximum Gasteiger partial charge on any atom is 0.416 e. The summed E-state index contributed by atoms with van der Waals surface area (Å²) in [5.74, 6) is -0.417. The average molecular weight is 320 g/mol. The second-order valence-corrected chi connectivity index (χ2v) is 4.78. The molecule has 5 heteroatoms. The van der Waals surface area contributed by atoms with Gasteiger partial charge in [0, 0.05) is 6.08 Å². The smallest absolute Gasteiger partial charge is 0.416 e. The molecule has 0 N–H and O–H groups in total. The molecular weight excluding hydrogens is 305 g/mol. The van der Waals surface area contributed by atoms with Crippen molar-refractivity contribution in [1.82, 2.24) is 0 Å². The minimum Gasteiger partial charge on any atom is -0.463 e. The van der Waals surface area contributed by atoms with Crippen molar-refractivity contribution < 1.29 is 22.7 Å². The van der Waals surface area contributed by atoms with Crippen LogP contribution in [0.5, 0.6) is 0 Å². The van der Waals surface area contributed by atoms with E-state index in [1.807, 2.05) is 0 Å². The van der Waals surface area contributed by atoms with Crippen LogP contribution >= 0.6 is 0 Å². The highest BCUT2D eigenvalue weighted by atomic mass is 19.4. The van der Waals surface area contributed by atoms with Gasteiger partial charge in [-0.2, -0.15) is 13.2 Å². The Kier molecular flexibility index (Phi) is 5.21. The Morgan fingerprint density at radius 2 is 1.52 bits per heavy atom. The Hall–Kier alpha value is -2.56. The van der Waals surface area contributed by atoms with Crippen molar-refractivity contribution in [3.8, 4) is 11.1 Å². The summed E-state index contributed by atoms with van der Waals surface area (Å²) in [6.45, 7) is 2.04. The average Bonchev–Trinajstić information content (AvgIpc) is 2.53. The fourth-order valence-corrected chi connectivity index (χ4v) is 1.99. The molecule has 0 atom stereocenters. The van der Waals surface area contributed by atoms with Gasteiger partial charge in [-0.25, -0.2) is 4.79 Å². The lowest BCUT2D eigenvalue weighted by molar-refractivity contribution is -0.138. The van der Waals surface area contributed by atoms with Crippen molar-refractivity contribution in [2.75, 3.05) is 6.61 Å². The van der Waals surface area contributed by atoms with Crippen LogP contribution in [-0.4, -0.2) is 12.6 Å². The van der Waals surface area contributed by atoms with E-state index in [0.717, 1.165) is 23.3 Å². The standard InChI is InChI=1S/C18H15F3O2/c1-2-23-17(22)12-5-13-3-6-14(7-4-13)15-8-10-16(11-9-15)18(19,20)21/h3-12H,2H2,1H3/b12-5+. The molecule has 0 amide bonds. The first-order chi connectivity index (χ1) is 10.9. The molecule has 0 bridgehead atoms. The largest absolute Gasteiger partial charge is 0.463 e. The van der Waals surface area contributed by atoms with Crippen LogP contribution in [0.4, 0.5) is 13.2 Å². The van der Waals surface area contributed by atoms with Gasteiger partial charge >= 0.3 is 12.1 Å². The van der Waals surface area contributed by atoms with Crippen molar-refractivity contribution in [2.24, 2.45) is 0 Å². The molecule has 2 nitrogen and oxygen atoms in total. The fourth-order valence-electron chi connectivity index (χ4n) is 1.99. The number of ether oxygens (including phenoxy) is 1.